The second-order valence-electron chi connectivity index (χ2n) is 2.86. The lowest BCUT2D eigenvalue weighted by Crippen LogP contribution is -1.90. The van der Waals surface area contributed by atoms with Crippen LogP contribution in [0.5, 0.6) is 0 Å². The van der Waals surface area contributed by atoms with Crippen molar-refractivity contribution in [2.75, 3.05) is 0 Å². The Morgan fingerprint density at radius 1 is 1.75 bits per heavy atom. The Labute approximate surface area is 76.9 Å². The summed E-state index contributed by atoms with van der Waals surface area (Å²) >= 11 is 1.51. The third-order valence-electron chi connectivity index (χ3n) is 1.78. The highest BCUT2D eigenvalue weighted by atomic mass is 32.1. The number of thiazole rings is 1. The molecule has 0 saturated heterocycles. The molecular formula is C9H12N2S. The van der Waals surface area contributed by atoms with Gasteiger partial charge in [-0.2, -0.15) is 5.26 Å². The van der Waals surface area contributed by atoms with Gasteiger partial charge < -0.3 is 0 Å². The van der Waals surface area contributed by atoms with Crippen molar-refractivity contribution in [2.24, 2.45) is 0 Å². The van der Waals surface area contributed by atoms with Crippen LogP contribution in [-0.4, -0.2) is 4.98 Å². The first kappa shape index (κ1) is 9.21. The highest BCUT2D eigenvalue weighted by molar-refractivity contribution is 7.12. The predicted octanol–water partition coefficient (Wildman–Crippen LogP) is 2.92. The Balaban J connectivity index is 2.69. The van der Waals surface area contributed by atoms with Gasteiger partial charge in [0.15, 0.2) is 0 Å². The van der Waals surface area contributed by atoms with Crippen molar-refractivity contribution in [1.29, 1.82) is 5.26 Å². The van der Waals surface area contributed by atoms with Gasteiger partial charge in [0.2, 0.25) is 0 Å². The third kappa shape index (κ3) is 2.05. The summed E-state index contributed by atoms with van der Waals surface area (Å²) in [5.41, 5.74) is 0. The molecule has 3 heteroatoms. The lowest BCUT2D eigenvalue weighted by molar-refractivity contribution is 0.660. The quantitative estimate of drug-likeness (QED) is 0.717. The molecule has 0 N–H and O–H groups in total. The molecule has 0 fully saturated rings. The van der Waals surface area contributed by atoms with Crippen LogP contribution in [0.2, 0.25) is 0 Å². The summed E-state index contributed by atoms with van der Waals surface area (Å²) in [5.74, 6) is 0.502. The SMILES string of the molecule is CCCC(C)c1ncc(C#N)s1. The van der Waals surface area contributed by atoms with Crippen LogP contribution in [-0.2, 0) is 0 Å². The molecule has 0 saturated carbocycles. The minimum Gasteiger partial charge on any atom is -0.248 e. The van der Waals surface area contributed by atoms with Crippen LogP contribution >= 0.6 is 11.3 Å². The maximum atomic E-state index is 8.58. The van der Waals surface area contributed by atoms with Gasteiger partial charge in [-0.25, -0.2) is 4.98 Å². The molecule has 1 unspecified atom stereocenters. The Kier molecular flexibility index (Phi) is 3.24. The molecule has 0 aliphatic carbocycles. The molecule has 0 spiro atoms. The zero-order valence-electron chi connectivity index (χ0n) is 7.37. The zero-order valence-corrected chi connectivity index (χ0v) is 8.19. The van der Waals surface area contributed by atoms with Crippen LogP contribution in [0.3, 0.4) is 0 Å². The first-order chi connectivity index (χ1) is 5.77. The highest BCUT2D eigenvalue weighted by Gasteiger charge is 2.08. The summed E-state index contributed by atoms with van der Waals surface area (Å²) in [6, 6.07) is 2.10. The Hall–Kier alpha value is -0.880. The molecule has 0 aliphatic rings. The van der Waals surface area contributed by atoms with E-state index in [1.54, 1.807) is 6.20 Å². The number of nitrogens with zero attached hydrogens (tertiary/aromatic N) is 2. The topological polar surface area (TPSA) is 36.7 Å². The van der Waals surface area contributed by atoms with Gasteiger partial charge in [0.1, 0.15) is 10.9 Å². The fourth-order valence-corrected chi connectivity index (χ4v) is 1.92. The van der Waals surface area contributed by atoms with Gasteiger partial charge in [-0.3, -0.25) is 0 Å². The molecular weight excluding hydrogens is 168 g/mol. The van der Waals surface area contributed by atoms with E-state index in [-0.39, 0.29) is 0 Å². The fourth-order valence-electron chi connectivity index (χ4n) is 1.12. The zero-order chi connectivity index (χ0) is 8.97. The van der Waals surface area contributed by atoms with Crippen LogP contribution in [0.25, 0.3) is 0 Å². The second kappa shape index (κ2) is 4.22. The Bertz CT molecular complexity index is 285. The van der Waals surface area contributed by atoms with E-state index in [4.69, 9.17) is 5.26 Å². The molecule has 1 heterocycles. The van der Waals surface area contributed by atoms with Gasteiger partial charge in [0, 0.05) is 5.92 Å². The van der Waals surface area contributed by atoms with Crippen molar-refractivity contribution in [2.45, 2.75) is 32.6 Å². The monoisotopic (exact) mass is 180 g/mol. The number of hydrogen-bond acceptors (Lipinski definition) is 3. The number of aromatic nitrogens is 1. The largest absolute Gasteiger partial charge is 0.248 e. The van der Waals surface area contributed by atoms with Crippen molar-refractivity contribution < 1.29 is 0 Å². The van der Waals surface area contributed by atoms with Crippen molar-refractivity contribution in [3.8, 4) is 6.07 Å². The standard InChI is InChI=1S/C9H12N2S/c1-3-4-7(2)9-11-6-8(5-10)12-9/h6-7H,3-4H2,1-2H3. The van der Waals surface area contributed by atoms with Crippen molar-refractivity contribution in [3.05, 3.63) is 16.1 Å². The first-order valence-electron chi connectivity index (χ1n) is 4.13. The molecule has 0 aromatic carbocycles. The average molecular weight is 180 g/mol. The minimum atomic E-state index is 0.502. The minimum absolute atomic E-state index is 0.502. The summed E-state index contributed by atoms with van der Waals surface area (Å²) in [4.78, 5) is 4.92. The Morgan fingerprint density at radius 3 is 3.00 bits per heavy atom. The van der Waals surface area contributed by atoms with Gasteiger partial charge in [-0.05, 0) is 6.42 Å². The molecule has 1 aromatic heterocycles. The van der Waals surface area contributed by atoms with Crippen LogP contribution in [0.4, 0.5) is 0 Å². The van der Waals surface area contributed by atoms with E-state index >= 15 is 0 Å². The van der Waals surface area contributed by atoms with Crippen LogP contribution < -0.4 is 0 Å². The van der Waals surface area contributed by atoms with Gasteiger partial charge >= 0.3 is 0 Å². The predicted molar refractivity (Wildman–Crippen MR) is 50.2 cm³/mol. The molecule has 1 atom stereocenters. The van der Waals surface area contributed by atoms with Gasteiger partial charge in [-0.15, -0.1) is 11.3 Å². The normalized spacial score (nSPS) is 12.4. The molecule has 0 amide bonds. The summed E-state index contributed by atoms with van der Waals surface area (Å²) in [6.07, 6.45) is 3.98. The number of nitriles is 1. The van der Waals surface area contributed by atoms with Gasteiger partial charge in [0.25, 0.3) is 0 Å². The van der Waals surface area contributed by atoms with Crippen molar-refractivity contribution in [1.82, 2.24) is 4.98 Å². The second-order valence-corrected chi connectivity index (χ2v) is 3.93. The van der Waals surface area contributed by atoms with E-state index in [0.717, 1.165) is 11.4 Å². The molecule has 0 aliphatic heterocycles. The van der Waals surface area contributed by atoms with Crippen molar-refractivity contribution in [3.63, 3.8) is 0 Å². The molecule has 0 bridgehead atoms. The smallest absolute Gasteiger partial charge is 0.124 e. The first-order valence-corrected chi connectivity index (χ1v) is 4.95. The average Bonchev–Trinajstić information content (AvgIpc) is 2.52. The van der Waals surface area contributed by atoms with E-state index in [1.807, 2.05) is 0 Å². The highest BCUT2D eigenvalue weighted by Crippen LogP contribution is 2.24. The van der Waals surface area contributed by atoms with Crippen LogP contribution in [0, 0.1) is 11.3 Å². The van der Waals surface area contributed by atoms with E-state index in [0.29, 0.717) is 10.8 Å². The van der Waals surface area contributed by atoms with Gasteiger partial charge in [-0.1, -0.05) is 20.3 Å². The molecule has 1 aromatic rings. The fraction of sp³-hybridized carbons (Fsp3) is 0.556. The van der Waals surface area contributed by atoms with E-state index in [1.165, 1.54) is 17.8 Å². The maximum absolute atomic E-state index is 8.58. The van der Waals surface area contributed by atoms with Crippen LogP contribution in [0.1, 0.15) is 42.5 Å². The van der Waals surface area contributed by atoms with E-state index < -0.39 is 0 Å². The van der Waals surface area contributed by atoms with Crippen molar-refractivity contribution >= 4 is 11.3 Å². The van der Waals surface area contributed by atoms with Crippen LogP contribution in [0.15, 0.2) is 6.20 Å². The molecule has 0 radical (unpaired) electrons. The molecule has 1 rings (SSSR count). The molecule has 64 valence electrons. The molecule has 2 nitrogen and oxygen atoms in total. The number of rotatable bonds is 3. The Morgan fingerprint density at radius 2 is 2.50 bits per heavy atom. The maximum Gasteiger partial charge on any atom is 0.124 e. The van der Waals surface area contributed by atoms with Gasteiger partial charge in [0.05, 0.1) is 11.2 Å². The van der Waals surface area contributed by atoms with E-state index in [2.05, 4.69) is 24.9 Å². The summed E-state index contributed by atoms with van der Waals surface area (Å²) in [7, 11) is 0. The summed E-state index contributed by atoms with van der Waals surface area (Å²) in [5, 5.41) is 9.67. The summed E-state index contributed by atoms with van der Waals surface area (Å²) in [6.45, 7) is 4.32. The lowest BCUT2D eigenvalue weighted by Gasteiger charge is -2.03. The van der Waals surface area contributed by atoms with E-state index in [9.17, 15) is 0 Å². The molecule has 12 heavy (non-hydrogen) atoms. The lowest BCUT2D eigenvalue weighted by atomic mass is 10.1. The summed E-state index contributed by atoms with van der Waals surface area (Å²) < 4.78 is 0. The number of hydrogen-bond donors (Lipinski definition) is 0. The third-order valence-corrected chi connectivity index (χ3v) is 2.91.